The molecule has 14 heteroatoms. The van der Waals surface area contributed by atoms with Crippen LogP contribution in [-0.2, 0) is 28.8 Å². The lowest BCUT2D eigenvalue weighted by Crippen LogP contribution is -2.47. The smallest absolute Gasteiger partial charge is 0.249 e. The Bertz CT molecular complexity index is 614. The zero-order valence-electron chi connectivity index (χ0n) is 13.6. The second-order valence-corrected chi connectivity index (χ2v) is 8.44. The highest BCUT2D eigenvalue weighted by Gasteiger charge is 2.34. The van der Waals surface area contributed by atoms with Crippen LogP contribution < -0.4 is 20.4 Å². The number of aliphatic hydroxyl groups excluding tert-OH is 1. The van der Waals surface area contributed by atoms with E-state index in [4.69, 9.17) is 0 Å². The summed E-state index contributed by atoms with van der Waals surface area (Å²) in [6.45, 7) is 1.31. The molecule has 0 unspecified atom stereocenters. The Morgan fingerprint density at radius 3 is 2.28 bits per heavy atom. The monoisotopic (exact) mass is 403 g/mol. The van der Waals surface area contributed by atoms with Crippen molar-refractivity contribution in [2.75, 3.05) is 25.4 Å². The van der Waals surface area contributed by atoms with Crippen molar-refractivity contribution < 1.29 is 46.5 Å². The molecule has 0 aliphatic carbocycles. The summed E-state index contributed by atoms with van der Waals surface area (Å²) in [4.78, 5) is 44.0. The predicted octanol–water partition coefficient (Wildman–Crippen LogP) is -3.61. The van der Waals surface area contributed by atoms with Crippen LogP contribution in [0.3, 0.4) is 0 Å². The minimum Gasteiger partial charge on any atom is -0.790 e. The van der Waals surface area contributed by atoms with Gasteiger partial charge < -0.3 is 39.2 Å². The van der Waals surface area contributed by atoms with Gasteiger partial charge in [-0.15, -0.1) is 0 Å². The molecule has 0 aromatic carbocycles. The van der Waals surface area contributed by atoms with Crippen molar-refractivity contribution >= 4 is 29.8 Å². The van der Waals surface area contributed by atoms with E-state index in [0.29, 0.717) is 0 Å². The molecule has 25 heavy (non-hydrogen) atoms. The Labute approximate surface area is 144 Å². The zero-order valence-corrected chi connectivity index (χ0v) is 15.3. The van der Waals surface area contributed by atoms with Gasteiger partial charge in [-0.05, 0) is 0 Å². The van der Waals surface area contributed by atoms with Gasteiger partial charge in [0.1, 0.15) is 6.10 Å². The van der Waals surface area contributed by atoms with E-state index in [2.05, 4.69) is 15.2 Å². The lowest BCUT2D eigenvalue weighted by Gasteiger charge is -2.35. The molecule has 0 saturated carbocycles. The summed E-state index contributed by atoms with van der Waals surface area (Å²) in [7, 11) is -9.69. The molecule has 0 spiro atoms. The molecule has 0 aromatic heterocycles. The highest BCUT2D eigenvalue weighted by molar-refractivity contribution is 7.85. The van der Waals surface area contributed by atoms with E-state index in [1.54, 1.807) is 0 Å². The maximum absolute atomic E-state index is 11.7. The van der Waals surface area contributed by atoms with Crippen molar-refractivity contribution in [3.63, 3.8) is 0 Å². The molecule has 0 saturated heterocycles. The van der Waals surface area contributed by atoms with Gasteiger partial charge in [-0.1, -0.05) is 13.8 Å². The molecule has 0 aliphatic heterocycles. The number of carbonyl (C=O) groups is 2. The van der Waals surface area contributed by atoms with Gasteiger partial charge in [-0.2, -0.15) is 0 Å². The first-order valence-electron chi connectivity index (χ1n) is 6.97. The molecule has 3 N–H and O–H groups in total. The fourth-order valence-electron chi connectivity index (χ4n) is 1.48. The first kappa shape index (κ1) is 23.9. The lowest BCUT2D eigenvalue weighted by atomic mass is 9.87. The number of rotatable bonds is 11. The van der Waals surface area contributed by atoms with Crippen LogP contribution in [0.5, 0.6) is 0 Å². The molecule has 148 valence electrons. The minimum absolute atomic E-state index is 0.204. The van der Waals surface area contributed by atoms with Gasteiger partial charge in [-0.25, -0.2) is 8.42 Å². The van der Waals surface area contributed by atoms with Crippen molar-refractivity contribution in [1.29, 1.82) is 0 Å². The molecule has 0 fully saturated rings. The number of phosphoric acid groups is 1. The zero-order chi connectivity index (χ0) is 19.9. The summed E-state index contributed by atoms with van der Waals surface area (Å²) in [5, 5.41) is 14.2. The molecule has 0 heterocycles. The molecular weight excluding hydrogens is 383 g/mol. The van der Waals surface area contributed by atoms with Crippen molar-refractivity contribution in [2.24, 2.45) is 5.41 Å². The molecule has 1 atom stereocenters. The van der Waals surface area contributed by atoms with Gasteiger partial charge in [0.05, 0.1) is 30.3 Å². The van der Waals surface area contributed by atoms with Crippen LogP contribution in [0.2, 0.25) is 0 Å². The predicted molar refractivity (Wildman–Crippen MR) is 78.5 cm³/mol. The van der Waals surface area contributed by atoms with Gasteiger partial charge in [0.2, 0.25) is 11.8 Å². The van der Waals surface area contributed by atoms with Crippen LogP contribution in [0.25, 0.3) is 0 Å². The maximum Gasteiger partial charge on any atom is 0.249 e. The summed E-state index contributed by atoms with van der Waals surface area (Å²) >= 11 is 0. The Morgan fingerprint density at radius 1 is 1.24 bits per heavy atom. The van der Waals surface area contributed by atoms with Gasteiger partial charge in [-0.3, -0.25) is 9.59 Å². The van der Waals surface area contributed by atoms with Gasteiger partial charge >= 0.3 is 0 Å². The van der Waals surface area contributed by atoms with E-state index in [-0.39, 0.29) is 19.5 Å². The number of aliphatic hydroxyl groups is 1. The summed E-state index contributed by atoms with van der Waals surface area (Å²) in [5.74, 6) is -2.31. The van der Waals surface area contributed by atoms with Crippen LogP contribution >= 0.6 is 7.82 Å². The minimum atomic E-state index is -5.25. The number of amides is 2. The normalized spacial score (nSPS) is 14.0. The SMILES string of the molecule is CC(C)(COP(=O)([O-])[O-])[C@@H](O)C(=O)NCCC(=O)NCCS(=O)(=O)[O-]. The molecule has 0 rings (SSSR count). The highest BCUT2D eigenvalue weighted by atomic mass is 32.2. The average molecular weight is 403 g/mol. The number of phosphoric ester groups is 1. The summed E-state index contributed by atoms with van der Waals surface area (Å²) < 4.78 is 45.5. The highest BCUT2D eigenvalue weighted by Crippen LogP contribution is 2.31. The van der Waals surface area contributed by atoms with E-state index in [1.165, 1.54) is 13.8 Å². The lowest BCUT2D eigenvalue weighted by molar-refractivity contribution is -0.343. The van der Waals surface area contributed by atoms with E-state index in [1.807, 2.05) is 0 Å². The Morgan fingerprint density at radius 2 is 1.80 bits per heavy atom. The second-order valence-electron chi connectivity index (χ2n) is 5.76. The third-order valence-electron chi connectivity index (χ3n) is 2.91. The largest absolute Gasteiger partial charge is 0.790 e. The summed E-state index contributed by atoms with van der Waals surface area (Å²) in [5.41, 5.74) is -1.39. The van der Waals surface area contributed by atoms with E-state index < -0.39 is 53.6 Å². The van der Waals surface area contributed by atoms with Crippen LogP contribution in [-0.4, -0.2) is 61.4 Å². The standard InChI is InChI=1S/C11H23N2O10PS/c1-11(2,7-23-24(17,18)19)9(15)10(16)13-4-3-8(14)12-5-6-25(20,21)22/h9,15H,3-7H2,1-2H3,(H,12,14)(H,13,16)(H2,17,18,19)(H,20,21,22)/p-3/t9-/m0/s1. The molecule has 0 aliphatic rings. The van der Waals surface area contributed by atoms with Crippen molar-refractivity contribution in [1.82, 2.24) is 10.6 Å². The first-order chi connectivity index (χ1) is 11.1. The summed E-state index contributed by atoms with van der Waals surface area (Å²) in [6.07, 6.45) is -1.96. The average Bonchev–Trinajstić information content (AvgIpc) is 2.42. The van der Waals surface area contributed by atoms with Crippen molar-refractivity contribution in [3.05, 3.63) is 0 Å². The van der Waals surface area contributed by atoms with E-state index >= 15 is 0 Å². The first-order valence-corrected chi connectivity index (χ1v) is 10.0. The molecular formula is C11H20N2O10PS-3. The van der Waals surface area contributed by atoms with Gasteiger partial charge in [0, 0.05) is 24.9 Å². The quantitative estimate of drug-likeness (QED) is 0.228. The number of hydrogen-bond acceptors (Lipinski definition) is 10. The number of hydrogen-bond donors (Lipinski definition) is 3. The number of nitrogens with one attached hydrogen (secondary N) is 2. The Hall–Kier alpha value is -1.08. The van der Waals surface area contributed by atoms with Gasteiger partial charge in [0.25, 0.3) is 0 Å². The molecule has 2 amide bonds. The van der Waals surface area contributed by atoms with Crippen LogP contribution in [0, 0.1) is 5.41 Å². The van der Waals surface area contributed by atoms with Crippen LogP contribution in [0.4, 0.5) is 0 Å². The third kappa shape index (κ3) is 12.0. The molecule has 0 bridgehead atoms. The number of carbonyl (C=O) groups excluding carboxylic acids is 2. The fraction of sp³-hybridized carbons (Fsp3) is 0.818. The molecule has 0 aromatic rings. The van der Waals surface area contributed by atoms with Crippen molar-refractivity contribution in [3.8, 4) is 0 Å². The van der Waals surface area contributed by atoms with Crippen molar-refractivity contribution in [2.45, 2.75) is 26.4 Å². The topological polar surface area (TPSA) is 208 Å². The van der Waals surface area contributed by atoms with Gasteiger partial charge in [0.15, 0.2) is 0 Å². The fourth-order valence-corrected chi connectivity index (χ4v) is 2.32. The summed E-state index contributed by atoms with van der Waals surface area (Å²) in [6, 6.07) is 0. The van der Waals surface area contributed by atoms with Crippen LogP contribution in [0.1, 0.15) is 20.3 Å². The second kappa shape index (κ2) is 9.57. The third-order valence-corrected chi connectivity index (χ3v) is 4.06. The van der Waals surface area contributed by atoms with E-state index in [0.717, 1.165) is 0 Å². The Kier molecular flexibility index (Phi) is 9.16. The molecule has 0 radical (unpaired) electrons. The Balaban J connectivity index is 4.23. The van der Waals surface area contributed by atoms with Crippen LogP contribution in [0.15, 0.2) is 0 Å². The molecule has 12 nitrogen and oxygen atoms in total. The van der Waals surface area contributed by atoms with E-state index in [9.17, 15) is 42.0 Å². The maximum atomic E-state index is 11.7.